The van der Waals surface area contributed by atoms with E-state index in [4.69, 9.17) is 0 Å². The Labute approximate surface area is 146 Å². The number of fused-ring (bicyclic) bond motifs is 1. The summed E-state index contributed by atoms with van der Waals surface area (Å²) in [4.78, 5) is 13.3. The van der Waals surface area contributed by atoms with Gasteiger partial charge in [0.05, 0.1) is 11.4 Å². The average molecular weight is 337 g/mol. The van der Waals surface area contributed by atoms with Crippen LogP contribution in [0.5, 0.6) is 0 Å². The van der Waals surface area contributed by atoms with Gasteiger partial charge in [-0.3, -0.25) is 0 Å². The SMILES string of the molecule is Cc1cc(C)c2c(N[C@@H](C)c3nncn3C3CCCC3)ncnc2n1. The zero-order chi connectivity index (χ0) is 17.4. The number of nitrogens with one attached hydrogen (secondary N) is 1. The van der Waals surface area contributed by atoms with Crippen LogP contribution in [-0.2, 0) is 0 Å². The summed E-state index contributed by atoms with van der Waals surface area (Å²) in [6.07, 6.45) is 8.39. The summed E-state index contributed by atoms with van der Waals surface area (Å²) in [6.45, 7) is 6.14. The third-order valence-electron chi connectivity index (χ3n) is 4.99. The molecular weight excluding hydrogens is 314 g/mol. The minimum Gasteiger partial charge on any atom is -0.360 e. The van der Waals surface area contributed by atoms with Crippen LogP contribution in [0.4, 0.5) is 5.82 Å². The van der Waals surface area contributed by atoms with E-state index >= 15 is 0 Å². The summed E-state index contributed by atoms with van der Waals surface area (Å²) in [5.74, 6) is 1.75. The van der Waals surface area contributed by atoms with Crippen LogP contribution < -0.4 is 5.32 Å². The Morgan fingerprint density at radius 1 is 1.20 bits per heavy atom. The van der Waals surface area contributed by atoms with Crippen LogP contribution in [0.15, 0.2) is 18.7 Å². The van der Waals surface area contributed by atoms with Gasteiger partial charge in [-0.1, -0.05) is 12.8 Å². The number of rotatable bonds is 4. The van der Waals surface area contributed by atoms with Crippen molar-refractivity contribution in [3.05, 3.63) is 35.8 Å². The normalized spacial score (nSPS) is 16.4. The van der Waals surface area contributed by atoms with Crippen molar-refractivity contribution in [3.8, 4) is 0 Å². The van der Waals surface area contributed by atoms with Gasteiger partial charge in [-0.25, -0.2) is 15.0 Å². The first-order valence-corrected chi connectivity index (χ1v) is 8.88. The van der Waals surface area contributed by atoms with Gasteiger partial charge >= 0.3 is 0 Å². The lowest BCUT2D eigenvalue weighted by Crippen LogP contribution is -2.17. The fourth-order valence-corrected chi connectivity index (χ4v) is 3.81. The molecule has 25 heavy (non-hydrogen) atoms. The molecular formula is C18H23N7. The molecule has 0 unspecified atom stereocenters. The van der Waals surface area contributed by atoms with Crippen molar-refractivity contribution in [3.63, 3.8) is 0 Å². The van der Waals surface area contributed by atoms with Crippen LogP contribution in [0.25, 0.3) is 11.0 Å². The molecule has 4 rings (SSSR count). The van der Waals surface area contributed by atoms with E-state index in [1.54, 1.807) is 6.33 Å². The highest BCUT2D eigenvalue weighted by atomic mass is 15.3. The summed E-state index contributed by atoms with van der Waals surface area (Å²) in [5, 5.41) is 13.0. The second-order valence-corrected chi connectivity index (χ2v) is 6.90. The van der Waals surface area contributed by atoms with Crippen molar-refractivity contribution < 1.29 is 0 Å². The molecule has 3 aromatic rings. The predicted molar refractivity (Wildman–Crippen MR) is 96.4 cm³/mol. The smallest absolute Gasteiger partial charge is 0.165 e. The van der Waals surface area contributed by atoms with E-state index in [2.05, 4.69) is 54.9 Å². The van der Waals surface area contributed by atoms with Crippen molar-refractivity contribution in [2.24, 2.45) is 0 Å². The Morgan fingerprint density at radius 2 is 2.00 bits per heavy atom. The van der Waals surface area contributed by atoms with E-state index in [-0.39, 0.29) is 6.04 Å². The van der Waals surface area contributed by atoms with Gasteiger partial charge in [-0.2, -0.15) is 0 Å². The fraction of sp³-hybridized carbons (Fsp3) is 0.500. The van der Waals surface area contributed by atoms with Crippen LogP contribution in [-0.4, -0.2) is 29.7 Å². The summed E-state index contributed by atoms with van der Waals surface area (Å²) >= 11 is 0. The zero-order valence-electron chi connectivity index (χ0n) is 14.9. The van der Waals surface area contributed by atoms with Crippen LogP contribution in [0, 0.1) is 13.8 Å². The second-order valence-electron chi connectivity index (χ2n) is 6.90. The maximum Gasteiger partial charge on any atom is 0.165 e. The molecule has 0 spiro atoms. The molecule has 1 aliphatic rings. The molecule has 1 aliphatic carbocycles. The molecule has 1 fully saturated rings. The monoisotopic (exact) mass is 337 g/mol. The molecule has 7 nitrogen and oxygen atoms in total. The number of nitrogens with zero attached hydrogens (tertiary/aromatic N) is 6. The Kier molecular flexibility index (Phi) is 4.07. The van der Waals surface area contributed by atoms with E-state index in [0.29, 0.717) is 6.04 Å². The topological polar surface area (TPSA) is 81.4 Å². The lowest BCUT2D eigenvalue weighted by atomic mass is 10.1. The van der Waals surface area contributed by atoms with Crippen molar-refractivity contribution in [2.45, 2.75) is 58.5 Å². The van der Waals surface area contributed by atoms with E-state index in [1.165, 1.54) is 25.7 Å². The summed E-state index contributed by atoms with van der Waals surface area (Å²) in [7, 11) is 0. The van der Waals surface area contributed by atoms with E-state index in [0.717, 1.165) is 33.9 Å². The average Bonchev–Trinajstić information content (AvgIpc) is 3.25. The molecule has 0 bridgehead atoms. The highest BCUT2D eigenvalue weighted by molar-refractivity contribution is 5.89. The van der Waals surface area contributed by atoms with Gasteiger partial charge in [0.2, 0.25) is 0 Å². The lowest BCUT2D eigenvalue weighted by molar-refractivity contribution is 0.488. The number of pyridine rings is 1. The Hall–Kier alpha value is -2.57. The molecule has 3 aromatic heterocycles. The van der Waals surface area contributed by atoms with Gasteiger partial charge < -0.3 is 9.88 Å². The quantitative estimate of drug-likeness (QED) is 0.784. The number of aromatic nitrogens is 6. The van der Waals surface area contributed by atoms with Crippen LogP contribution >= 0.6 is 0 Å². The number of anilines is 1. The van der Waals surface area contributed by atoms with Gasteiger partial charge in [-0.05, 0) is 45.2 Å². The van der Waals surface area contributed by atoms with Crippen molar-refractivity contribution in [2.75, 3.05) is 5.32 Å². The molecule has 1 atom stereocenters. The van der Waals surface area contributed by atoms with E-state index < -0.39 is 0 Å². The molecule has 1 N–H and O–H groups in total. The van der Waals surface area contributed by atoms with Crippen molar-refractivity contribution in [1.29, 1.82) is 0 Å². The molecule has 0 saturated heterocycles. The lowest BCUT2D eigenvalue weighted by Gasteiger charge is -2.20. The van der Waals surface area contributed by atoms with Gasteiger partial charge in [-0.15, -0.1) is 10.2 Å². The first kappa shape index (κ1) is 15.9. The summed E-state index contributed by atoms with van der Waals surface area (Å²) in [5.41, 5.74) is 2.80. The molecule has 0 radical (unpaired) electrons. The third-order valence-corrected chi connectivity index (χ3v) is 4.99. The Bertz CT molecular complexity index is 896. The van der Waals surface area contributed by atoms with Gasteiger partial charge in [0.15, 0.2) is 11.5 Å². The first-order valence-electron chi connectivity index (χ1n) is 8.88. The molecule has 0 aromatic carbocycles. The van der Waals surface area contributed by atoms with E-state index in [1.807, 2.05) is 13.3 Å². The minimum atomic E-state index is 0.00176. The number of hydrogen-bond acceptors (Lipinski definition) is 6. The van der Waals surface area contributed by atoms with Gasteiger partial charge in [0.25, 0.3) is 0 Å². The Balaban J connectivity index is 1.67. The second kappa shape index (κ2) is 6.38. The largest absolute Gasteiger partial charge is 0.360 e. The first-order chi connectivity index (χ1) is 12.1. The molecule has 130 valence electrons. The number of hydrogen-bond donors (Lipinski definition) is 1. The highest BCUT2D eigenvalue weighted by Crippen LogP contribution is 2.32. The highest BCUT2D eigenvalue weighted by Gasteiger charge is 2.23. The molecule has 7 heteroatoms. The predicted octanol–water partition coefficient (Wildman–Crippen LogP) is 3.52. The van der Waals surface area contributed by atoms with Gasteiger partial charge in [0.1, 0.15) is 18.5 Å². The van der Waals surface area contributed by atoms with Gasteiger partial charge in [0, 0.05) is 11.7 Å². The van der Waals surface area contributed by atoms with Crippen LogP contribution in [0.3, 0.4) is 0 Å². The number of aryl methyl sites for hydroxylation is 2. The fourth-order valence-electron chi connectivity index (χ4n) is 3.81. The maximum atomic E-state index is 4.52. The van der Waals surface area contributed by atoms with Crippen molar-refractivity contribution in [1.82, 2.24) is 29.7 Å². The Morgan fingerprint density at radius 3 is 2.80 bits per heavy atom. The van der Waals surface area contributed by atoms with Crippen LogP contribution in [0.2, 0.25) is 0 Å². The standard InChI is InChI=1S/C18H23N7/c1-11-8-12(2)22-16-15(11)17(20-9-19-16)23-13(3)18-24-21-10-25(18)14-6-4-5-7-14/h8-10,13-14H,4-7H2,1-3H3,(H,19,20,22,23)/t13-/m0/s1. The third kappa shape index (κ3) is 2.94. The minimum absolute atomic E-state index is 0.00176. The molecule has 0 aliphatic heterocycles. The zero-order valence-corrected chi connectivity index (χ0v) is 14.9. The summed E-state index contributed by atoms with van der Waals surface area (Å²) in [6, 6.07) is 2.58. The summed E-state index contributed by atoms with van der Waals surface area (Å²) < 4.78 is 2.23. The van der Waals surface area contributed by atoms with Crippen molar-refractivity contribution >= 4 is 16.9 Å². The maximum absolute atomic E-state index is 4.52. The van der Waals surface area contributed by atoms with E-state index in [9.17, 15) is 0 Å². The molecule has 0 amide bonds. The molecule has 1 saturated carbocycles. The van der Waals surface area contributed by atoms with Crippen LogP contribution in [0.1, 0.15) is 61.8 Å². The molecule has 3 heterocycles.